The molecule has 2 unspecified atom stereocenters. The van der Waals surface area contributed by atoms with Gasteiger partial charge in [-0.3, -0.25) is 0 Å². The van der Waals surface area contributed by atoms with E-state index >= 15 is 0 Å². The van der Waals surface area contributed by atoms with Crippen molar-refractivity contribution in [3.63, 3.8) is 0 Å². The van der Waals surface area contributed by atoms with Gasteiger partial charge in [0.15, 0.2) is 0 Å². The van der Waals surface area contributed by atoms with Crippen LogP contribution in [-0.4, -0.2) is 19.6 Å². The van der Waals surface area contributed by atoms with E-state index in [1.54, 1.807) is 0 Å². The molecule has 2 nitrogen and oxygen atoms in total. The molecular weight excluding hydrogens is 268 g/mol. The van der Waals surface area contributed by atoms with Gasteiger partial charge in [0.25, 0.3) is 0 Å². The van der Waals surface area contributed by atoms with Crippen LogP contribution in [0.5, 0.6) is 0 Å². The highest BCUT2D eigenvalue weighted by atomic mass is 35.5. The summed E-state index contributed by atoms with van der Waals surface area (Å²) >= 11 is 6.44. The van der Waals surface area contributed by atoms with E-state index in [1.165, 1.54) is 43.6 Å². The largest absolute Gasteiger partial charge is 0.371 e. The molecule has 1 aromatic rings. The molecule has 20 heavy (non-hydrogen) atoms. The summed E-state index contributed by atoms with van der Waals surface area (Å²) in [6.45, 7) is 6.59. The fourth-order valence-corrected chi connectivity index (χ4v) is 4.08. The van der Waals surface area contributed by atoms with Gasteiger partial charge in [-0.1, -0.05) is 31.0 Å². The molecule has 1 heterocycles. The molecule has 1 aliphatic heterocycles. The first-order valence-corrected chi connectivity index (χ1v) is 8.40. The van der Waals surface area contributed by atoms with Crippen molar-refractivity contribution in [2.75, 3.05) is 24.5 Å². The molecule has 0 radical (unpaired) electrons. The number of anilines is 1. The van der Waals surface area contributed by atoms with Crippen molar-refractivity contribution in [2.24, 2.45) is 11.8 Å². The maximum Gasteiger partial charge on any atom is 0.0471 e. The van der Waals surface area contributed by atoms with Crippen LogP contribution >= 0.6 is 11.6 Å². The zero-order valence-electron chi connectivity index (χ0n) is 12.4. The number of benzene rings is 1. The summed E-state index contributed by atoms with van der Waals surface area (Å²) in [4.78, 5) is 2.57. The Kier molecular flexibility index (Phi) is 4.52. The Hall–Kier alpha value is -0.730. The number of hydrogen-bond donors (Lipinski definition) is 1. The first-order valence-electron chi connectivity index (χ1n) is 8.02. The molecule has 0 aromatic heterocycles. The third kappa shape index (κ3) is 2.82. The molecule has 2 aliphatic rings. The van der Waals surface area contributed by atoms with E-state index < -0.39 is 0 Å². The number of nitrogens with one attached hydrogen (secondary N) is 1. The molecular formula is C17H25ClN2. The second-order valence-corrected chi connectivity index (χ2v) is 6.68. The van der Waals surface area contributed by atoms with E-state index in [2.05, 4.69) is 29.3 Å². The summed E-state index contributed by atoms with van der Waals surface area (Å²) in [7, 11) is 0. The summed E-state index contributed by atoms with van der Waals surface area (Å²) in [6.07, 6.45) is 5.44. The number of halogens is 1. The minimum atomic E-state index is 0.884. The highest BCUT2D eigenvalue weighted by molar-refractivity contribution is 6.31. The predicted molar refractivity (Wildman–Crippen MR) is 86.5 cm³/mol. The van der Waals surface area contributed by atoms with E-state index in [0.29, 0.717) is 0 Å². The fourth-order valence-electron chi connectivity index (χ4n) is 3.84. The zero-order chi connectivity index (χ0) is 13.9. The van der Waals surface area contributed by atoms with Gasteiger partial charge in [0.05, 0.1) is 0 Å². The third-order valence-corrected chi connectivity index (χ3v) is 5.24. The smallest absolute Gasteiger partial charge is 0.0471 e. The van der Waals surface area contributed by atoms with Crippen LogP contribution < -0.4 is 10.2 Å². The lowest BCUT2D eigenvalue weighted by Gasteiger charge is -2.24. The Morgan fingerprint density at radius 2 is 2.00 bits per heavy atom. The van der Waals surface area contributed by atoms with Gasteiger partial charge in [0.1, 0.15) is 0 Å². The van der Waals surface area contributed by atoms with E-state index in [9.17, 15) is 0 Å². The molecule has 3 rings (SSSR count). The minimum Gasteiger partial charge on any atom is -0.371 e. The number of rotatable bonds is 5. The van der Waals surface area contributed by atoms with Crippen LogP contribution in [0.25, 0.3) is 0 Å². The third-order valence-electron chi connectivity index (χ3n) is 4.89. The van der Waals surface area contributed by atoms with Crippen molar-refractivity contribution in [3.05, 3.63) is 28.8 Å². The van der Waals surface area contributed by atoms with Gasteiger partial charge in [-0.05, 0) is 49.8 Å². The van der Waals surface area contributed by atoms with Crippen LogP contribution in [0.4, 0.5) is 5.69 Å². The molecule has 1 saturated carbocycles. The molecule has 0 amide bonds. The van der Waals surface area contributed by atoms with Gasteiger partial charge < -0.3 is 10.2 Å². The van der Waals surface area contributed by atoms with Crippen molar-refractivity contribution in [1.29, 1.82) is 0 Å². The lowest BCUT2D eigenvalue weighted by atomic mass is 10.0. The predicted octanol–water partition coefficient (Wildman–Crippen LogP) is 4.08. The maximum atomic E-state index is 6.44. The number of hydrogen-bond acceptors (Lipinski definition) is 2. The molecule has 110 valence electrons. The van der Waals surface area contributed by atoms with Gasteiger partial charge in [-0.25, -0.2) is 0 Å². The Morgan fingerprint density at radius 1 is 1.25 bits per heavy atom. The SMILES string of the molecule is CCCNCc1c(Cl)cccc1N1CC2CCCC2C1. The zero-order valence-corrected chi connectivity index (χ0v) is 13.1. The highest BCUT2D eigenvalue weighted by Gasteiger charge is 2.36. The maximum absolute atomic E-state index is 6.44. The molecule has 1 aliphatic carbocycles. The van der Waals surface area contributed by atoms with Crippen LogP contribution in [0.15, 0.2) is 18.2 Å². The highest BCUT2D eigenvalue weighted by Crippen LogP contribution is 2.41. The molecule has 2 atom stereocenters. The van der Waals surface area contributed by atoms with Crippen LogP contribution in [0, 0.1) is 11.8 Å². The van der Waals surface area contributed by atoms with E-state index in [4.69, 9.17) is 11.6 Å². The quantitative estimate of drug-likeness (QED) is 0.823. The summed E-state index contributed by atoms with van der Waals surface area (Å²) in [6, 6.07) is 6.36. The molecule has 1 aromatic carbocycles. The first kappa shape index (κ1) is 14.2. The topological polar surface area (TPSA) is 15.3 Å². The second-order valence-electron chi connectivity index (χ2n) is 6.27. The van der Waals surface area contributed by atoms with Gasteiger partial charge in [-0.15, -0.1) is 0 Å². The van der Waals surface area contributed by atoms with Crippen molar-refractivity contribution < 1.29 is 0 Å². The Morgan fingerprint density at radius 3 is 2.70 bits per heavy atom. The average molecular weight is 293 g/mol. The van der Waals surface area contributed by atoms with Crippen molar-refractivity contribution in [3.8, 4) is 0 Å². The van der Waals surface area contributed by atoms with Gasteiger partial charge in [0.2, 0.25) is 0 Å². The van der Waals surface area contributed by atoms with Gasteiger partial charge in [0, 0.05) is 35.9 Å². The second kappa shape index (κ2) is 6.36. The molecule has 2 fully saturated rings. The van der Waals surface area contributed by atoms with Crippen LogP contribution in [0.1, 0.15) is 38.2 Å². The lowest BCUT2D eigenvalue weighted by molar-refractivity contribution is 0.494. The summed E-state index contributed by atoms with van der Waals surface area (Å²) in [5.74, 6) is 1.84. The van der Waals surface area contributed by atoms with Crippen LogP contribution in [0.3, 0.4) is 0 Å². The van der Waals surface area contributed by atoms with Crippen LogP contribution in [-0.2, 0) is 6.54 Å². The monoisotopic (exact) mass is 292 g/mol. The first-order chi connectivity index (χ1) is 9.79. The van der Waals surface area contributed by atoms with Gasteiger partial charge >= 0.3 is 0 Å². The van der Waals surface area contributed by atoms with Gasteiger partial charge in [-0.2, -0.15) is 0 Å². The number of fused-ring (bicyclic) bond motifs is 1. The molecule has 1 saturated heterocycles. The lowest BCUT2D eigenvalue weighted by Crippen LogP contribution is -2.24. The Bertz CT molecular complexity index is 448. The van der Waals surface area contributed by atoms with Crippen molar-refractivity contribution in [2.45, 2.75) is 39.2 Å². The summed E-state index contributed by atoms with van der Waals surface area (Å²) < 4.78 is 0. The molecule has 0 bridgehead atoms. The van der Waals surface area contributed by atoms with E-state index in [0.717, 1.165) is 36.4 Å². The standard InChI is InChI=1S/C17H25ClN2/c1-2-9-19-10-15-16(18)7-4-8-17(15)20-11-13-5-3-6-14(13)12-20/h4,7-8,13-14,19H,2-3,5-6,9-12H2,1H3. The van der Waals surface area contributed by atoms with Crippen LogP contribution in [0.2, 0.25) is 5.02 Å². The Balaban J connectivity index is 1.76. The normalized spacial score (nSPS) is 25.2. The molecule has 1 N–H and O–H groups in total. The average Bonchev–Trinajstić information content (AvgIpc) is 3.01. The summed E-state index contributed by atoms with van der Waals surface area (Å²) in [5, 5.41) is 4.40. The van der Waals surface area contributed by atoms with Crippen molar-refractivity contribution in [1.82, 2.24) is 5.32 Å². The van der Waals surface area contributed by atoms with E-state index in [1.807, 2.05) is 6.07 Å². The summed E-state index contributed by atoms with van der Waals surface area (Å²) in [5.41, 5.74) is 2.64. The number of nitrogens with zero attached hydrogens (tertiary/aromatic N) is 1. The minimum absolute atomic E-state index is 0.884. The molecule has 3 heteroatoms. The molecule has 0 spiro atoms. The van der Waals surface area contributed by atoms with Crippen molar-refractivity contribution >= 4 is 17.3 Å². The fraction of sp³-hybridized carbons (Fsp3) is 0.647. The Labute approximate surface area is 127 Å². The van der Waals surface area contributed by atoms with E-state index in [-0.39, 0.29) is 0 Å².